The van der Waals surface area contributed by atoms with Gasteiger partial charge in [-0.2, -0.15) is 0 Å². The lowest BCUT2D eigenvalue weighted by Gasteiger charge is -2.29. The van der Waals surface area contributed by atoms with E-state index in [2.05, 4.69) is 19.2 Å². The minimum atomic E-state index is -0.263. The molecule has 0 aliphatic heterocycles. The smallest absolute Gasteiger partial charge is 0.127 e. The van der Waals surface area contributed by atoms with Crippen LogP contribution in [0.15, 0.2) is 18.2 Å². The van der Waals surface area contributed by atoms with Gasteiger partial charge in [0.25, 0.3) is 0 Å². The molecular formula is C14H21ClFNO. The van der Waals surface area contributed by atoms with Crippen LogP contribution in [0.3, 0.4) is 0 Å². The summed E-state index contributed by atoms with van der Waals surface area (Å²) in [6, 6.07) is 4.87. The van der Waals surface area contributed by atoms with Gasteiger partial charge in [0.2, 0.25) is 0 Å². The van der Waals surface area contributed by atoms with Crippen LogP contribution >= 0.6 is 11.6 Å². The summed E-state index contributed by atoms with van der Waals surface area (Å²) in [6.07, 6.45) is 0.626. The Kier molecular flexibility index (Phi) is 6.06. The zero-order chi connectivity index (χ0) is 13.7. The summed E-state index contributed by atoms with van der Waals surface area (Å²) in [6.45, 7) is 4.19. The van der Waals surface area contributed by atoms with E-state index in [4.69, 9.17) is 16.3 Å². The van der Waals surface area contributed by atoms with E-state index in [9.17, 15) is 4.39 Å². The van der Waals surface area contributed by atoms with E-state index >= 15 is 0 Å². The predicted octanol–water partition coefficient (Wildman–Crippen LogP) is 3.28. The molecule has 0 spiro atoms. The molecule has 2 nitrogen and oxygen atoms in total. The summed E-state index contributed by atoms with van der Waals surface area (Å²) in [5.41, 5.74) is 0.654. The Labute approximate surface area is 113 Å². The maximum absolute atomic E-state index is 13.8. The van der Waals surface area contributed by atoms with E-state index in [-0.39, 0.29) is 18.0 Å². The van der Waals surface area contributed by atoms with Crippen LogP contribution in [0.25, 0.3) is 0 Å². The Morgan fingerprint density at radius 3 is 2.50 bits per heavy atom. The van der Waals surface area contributed by atoms with Gasteiger partial charge in [-0.05, 0) is 37.1 Å². The van der Waals surface area contributed by atoms with Crippen molar-refractivity contribution in [2.75, 3.05) is 14.2 Å². The van der Waals surface area contributed by atoms with Gasteiger partial charge in [-0.15, -0.1) is 0 Å². The van der Waals surface area contributed by atoms with E-state index in [1.807, 2.05) is 7.05 Å². The van der Waals surface area contributed by atoms with Gasteiger partial charge in [0.05, 0.1) is 6.10 Å². The van der Waals surface area contributed by atoms with Crippen molar-refractivity contribution in [1.29, 1.82) is 0 Å². The first kappa shape index (κ1) is 15.4. The Balaban J connectivity index is 2.85. The van der Waals surface area contributed by atoms with Gasteiger partial charge in [0.1, 0.15) is 5.82 Å². The first-order valence-electron chi connectivity index (χ1n) is 6.13. The molecule has 0 saturated carbocycles. The number of benzene rings is 1. The zero-order valence-electron chi connectivity index (χ0n) is 11.3. The number of methoxy groups -OCH3 is 1. The highest BCUT2D eigenvalue weighted by Crippen LogP contribution is 2.19. The number of hydrogen-bond acceptors (Lipinski definition) is 2. The van der Waals surface area contributed by atoms with Crippen LogP contribution in [-0.4, -0.2) is 26.3 Å². The van der Waals surface area contributed by atoms with Crippen molar-refractivity contribution in [3.8, 4) is 0 Å². The molecule has 18 heavy (non-hydrogen) atoms. The van der Waals surface area contributed by atoms with Crippen molar-refractivity contribution < 1.29 is 9.13 Å². The average molecular weight is 274 g/mol. The van der Waals surface area contributed by atoms with Gasteiger partial charge >= 0.3 is 0 Å². The van der Waals surface area contributed by atoms with Crippen LogP contribution in [0.5, 0.6) is 0 Å². The zero-order valence-corrected chi connectivity index (χ0v) is 12.1. The van der Waals surface area contributed by atoms with E-state index in [1.165, 1.54) is 6.07 Å². The molecule has 0 bridgehead atoms. The maximum atomic E-state index is 13.8. The third-order valence-corrected chi connectivity index (χ3v) is 3.39. The molecule has 0 fully saturated rings. The fraction of sp³-hybridized carbons (Fsp3) is 0.571. The molecule has 1 aromatic rings. The fourth-order valence-electron chi connectivity index (χ4n) is 2.21. The number of ether oxygens (including phenoxy) is 1. The summed E-state index contributed by atoms with van der Waals surface area (Å²) in [7, 11) is 3.56. The average Bonchev–Trinajstić information content (AvgIpc) is 2.31. The Morgan fingerprint density at radius 2 is 2.06 bits per heavy atom. The van der Waals surface area contributed by atoms with Crippen LogP contribution in [0.4, 0.5) is 4.39 Å². The molecule has 1 N–H and O–H groups in total. The largest absolute Gasteiger partial charge is 0.380 e. The van der Waals surface area contributed by atoms with Crippen LogP contribution in [-0.2, 0) is 11.2 Å². The highest BCUT2D eigenvalue weighted by molar-refractivity contribution is 6.30. The molecule has 0 heterocycles. The maximum Gasteiger partial charge on any atom is 0.127 e. The minimum Gasteiger partial charge on any atom is -0.380 e. The highest BCUT2D eigenvalue weighted by atomic mass is 35.5. The molecule has 0 aromatic heterocycles. The molecular weight excluding hydrogens is 253 g/mol. The van der Waals surface area contributed by atoms with E-state index < -0.39 is 0 Å². The quantitative estimate of drug-likeness (QED) is 0.859. The molecule has 0 aliphatic rings. The van der Waals surface area contributed by atoms with E-state index in [1.54, 1.807) is 19.2 Å². The van der Waals surface area contributed by atoms with Crippen molar-refractivity contribution in [2.45, 2.75) is 32.4 Å². The van der Waals surface area contributed by atoms with Gasteiger partial charge < -0.3 is 10.1 Å². The summed E-state index contributed by atoms with van der Waals surface area (Å²) in [4.78, 5) is 0. The van der Waals surface area contributed by atoms with Crippen molar-refractivity contribution in [2.24, 2.45) is 5.92 Å². The fourth-order valence-corrected chi connectivity index (χ4v) is 2.37. The van der Waals surface area contributed by atoms with E-state index in [0.717, 1.165) is 0 Å². The summed E-state index contributed by atoms with van der Waals surface area (Å²) < 4.78 is 19.3. The van der Waals surface area contributed by atoms with Gasteiger partial charge in [-0.3, -0.25) is 0 Å². The molecule has 2 unspecified atom stereocenters. The monoisotopic (exact) mass is 273 g/mol. The van der Waals surface area contributed by atoms with Crippen LogP contribution in [0.2, 0.25) is 5.02 Å². The van der Waals surface area contributed by atoms with Gasteiger partial charge in [0.15, 0.2) is 0 Å². The number of nitrogens with one attached hydrogen (secondary N) is 1. The lowest BCUT2D eigenvalue weighted by atomic mass is 9.94. The summed E-state index contributed by atoms with van der Waals surface area (Å²) in [5.74, 6) is 0.101. The van der Waals surface area contributed by atoms with Crippen molar-refractivity contribution in [1.82, 2.24) is 5.32 Å². The summed E-state index contributed by atoms with van der Waals surface area (Å²) >= 11 is 5.75. The molecule has 1 rings (SSSR count). The number of hydrogen-bond donors (Lipinski definition) is 1. The Morgan fingerprint density at radius 1 is 1.39 bits per heavy atom. The molecule has 0 amide bonds. The third kappa shape index (κ3) is 3.94. The second kappa shape index (κ2) is 7.07. The normalized spacial score (nSPS) is 14.8. The SMILES string of the molecule is CNC(Cc1ccc(Cl)cc1F)C(OC)C(C)C. The molecule has 0 aliphatic carbocycles. The minimum absolute atomic E-state index is 0.0464. The van der Waals surface area contributed by atoms with Crippen LogP contribution in [0, 0.1) is 11.7 Å². The van der Waals surface area contributed by atoms with Gasteiger partial charge in [-0.25, -0.2) is 4.39 Å². The molecule has 2 atom stereocenters. The first-order chi connectivity index (χ1) is 8.49. The van der Waals surface area contributed by atoms with Crippen LogP contribution < -0.4 is 5.32 Å². The molecule has 0 saturated heterocycles. The molecule has 0 radical (unpaired) electrons. The number of likely N-dealkylation sites (N-methyl/N-ethyl adjacent to an activating group) is 1. The second-order valence-corrected chi connectivity index (χ2v) is 5.22. The van der Waals surface area contributed by atoms with Gasteiger partial charge in [0, 0.05) is 18.2 Å². The van der Waals surface area contributed by atoms with Gasteiger partial charge in [-0.1, -0.05) is 31.5 Å². The number of halogens is 2. The lowest BCUT2D eigenvalue weighted by molar-refractivity contribution is 0.0352. The Bertz CT molecular complexity index is 384. The standard InChI is InChI=1S/C14H21ClFNO/c1-9(2)14(18-4)13(17-3)7-10-5-6-11(15)8-12(10)16/h5-6,8-9,13-14,17H,7H2,1-4H3. The first-order valence-corrected chi connectivity index (χ1v) is 6.51. The van der Waals surface area contributed by atoms with E-state index in [0.29, 0.717) is 22.9 Å². The molecule has 1 aromatic carbocycles. The second-order valence-electron chi connectivity index (χ2n) is 4.78. The lowest BCUT2D eigenvalue weighted by Crippen LogP contribution is -2.43. The number of rotatable bonds is 6. The third-order valence-electron chi connectivity index (χ3n) is 3.15. The summed E-state index contributed by atoms with van der Waals surface area (Å²) in [5, 5.41) is 3.62. The highest BCUT2D eigenvalue weighted by Gasteiger charge is 2.24. The molecule has 102 valence electrons. The molecule has 4 heteroatoms. The topological polar surface area (TPSA) is 21.3 Å². The predicted molar refractivity (Wildman–Crippen MR) is 73.6 cm³/mol. The Hall–Kier alpha value is -0.640. The van der Waals surface area contributed by atoms with Crippen molar-refractivity contribution in [3.05, 3.63) is 34.6 Å². The van der Waals surface area contributed by atoms with Crippen molar-refractivity contribution in [3.63, 3.8) is 0 Å². The van der Waals surface area contributed by atoms with Crippen LogP contribution in [0.1, 0.15) is 19.4 Å². The van der Waals surface area contributed by atoms with Crippen molar-refractivity contribution >= 4 is 11.6 Å².